The van der Waals surface area contributed by atoms with E-state index < -0.39 is 23.5 Å². The minimum absolute atomic E-state index is 0.247. The van der Waals surface area contributed by atoms with Crippen molar-refractivity contribution < 1.29 is 19.1 Å². The Balaban J connectivity index is 2.82. The predicted molar refractivity (Wildman–Crippen MR) is 30.1 cm³/mol. The SMILES string of the molecule is CC(=O)C1C(=O)COC1=O. The first kappa shape index (κ1) is 6.92. The molecule has 4 nitrogen and oxygen atoms in total. The molecule has 1 heterocycles. The number of hydrogen-bond donors (Lipinski definition) is 0. The van der Waals surface area contributed by atoms with Gasteiger partial charge in [-0.3, -0.25) is 14.4 Å². The fourth-order valence-electron chi connectivity index (χ4n) is 0.833. The van der Waals surface area contributed by atoms with E-state index in [0.717, 1.165) is 0 Å². The third kappa shape index (κ3) is 0.920. The number of hydrogen-bond acceptors (Lipinski definition) is 4. The lowest BCUT2D eigenvalue weighted by atomic mass is 10.0. The number of Topliss-reactive ketones (excluding diaryl/α,β-unsaturated/α-hetero) is 2. The monoisotopic (exact) mass is 142 g/mol. The van der Waals surface area contributed by atoms with Gasteiger partial charge in [-0.1, -0.05) is 0 Å². The molecule has 1 atom stereocenters. The molecule has 10 heavy (non-hydrogen) atoms. The van der Waals surface area contributed by atoms with Crippen molar-refractivity contribution in [2.75, 3.05) is 6.61 Å². The Kier molecular flexibility index (Phi) is 1.53. The van der Waals surface area contributed by atoms with Crippen LogP contribution in [0, 0.1) is 5.92 Å². The number of esters is 1. The standard InChI is InChI=1S/C6H6O4/c1-3(7)5-4(8)2-10-6(5)9/h5H,2H2,1H3. The Hall–Kier alpha value is -1.19. The van der Waals surface area contributed by atoms with Gasteiger partial charge in [0.15, 0.2) is 24.1 Å². The summed E-state index contributed by atoms with van der Waals surface area (Å²) in [6.07, 6.45) is 0. The molecule has 1 saturated heterocycles. The van der Waals surface area contributed by atoms with Crippen LogP contribution in [0.5, 0.6) is 0 Å². The van der Waals surface area contributed by atoms with Gasteiger partial charge in [0.2, 0.25) is 0 Å². The minimum atomic E-state index is -1.14. The van der Waals surface area contributed by atoms with E-state index in [-0.39, 0.29) is 6.61 Å². The maximum Gasteiger partial charge on any atom is 0.324 e. The van der Waals surface area contributed by atoms with Crippen LogP contribution in [0.2, 0.25) is 0 Å². The average molecular weight is 142 g/mol. The van der Waals surface area contributed by atoms with Crippen LogP contribution >= 0.6 is 0 Å². The van der Waals surface area contributed by atoms with Gasteiger partial charge in [0.25, 0.3) is 0 Å². The molecule has 1 aliphatic heterocycles. The highest BCUT2D eigenvalue weighted by Crippen LogP contribution is 2.10. The van der Waals surface area contributed by atoms with Gasteiger partial charge in [-0.2, -0.15) is 0 Å². The second kappa shape index (κ2) is 2.21. The summed E-state index contributed by atoms with van der Waals surface area (Å²) >= 11 is 0. The second-order valence-electron chi connectivity index (χ2n) is 2.12. The van der Waals surface area contributed by atoms with Gasteiger partial charge in [-0.25, -0.2) is 0 Å². The highest BCUT2D eigenvalue weighted by molar-refractivity contribution is 6.19. The van der Waals surface area contributed by atoms with Gasteiger partial charge in [0.05, 0.1) is 0 Å². The molecule has 0 aromatic rings. The topological polar surface area (TPSA) is 60.4 Å². The van der Waals surface area contributed by atoms with Gasteiger partial charge in [-0.05, 0) is 6.92 Å². The lowest BCUT2D eigenvalue weighted by Gasteiger charge is -1.94. The van der Waals surface area contributed by atoms with Gasteiger partial charge in [0, 0.05) is 0 Å². The van der Waals surface area contributed by atoms with Crippen LogP contribution in [0.25, 0.3) is 0 Å². The van der Waals surface area contributed by atoms with Crippen LogP contribution in [0.4, 0.5) is 0 Å². The van der Waals surface area contributed by atoms with E-state index in [1.807, 2.05) is 0 Å². The van der Waals surface area contributed by atoms with Crippen molar-refractivity contribution in [1.82, 2.24) is 0 Å². The fourth-order valence-corrected chi connectivity index (χ4v) is 0.833. The molecule has 0 radical (unpaired) electrons. The second-order valence-corrected chi connectivity index (χ2v) is 2.12. The van der Waals surface area contributed by atoms with Crippen LogP contribution < -0.4 is 0 Å². The van der Waals surface area contributed by atoms with E-state index in [2.05, 4.69) is 4.74 Å². The van der Waals surface area contributed by atoms with Crippen molar-refractivity contribution in [1.29, 1.82) is 0 Å². The summed E-state index contributed by atoms with van der Waals surface area (Å²) < 4.78 is 4.33. The normalized spacial score (nSPS) is 24.7. The third-order valence-electron chi connectivity index (χ3n) is 1.32. The summed E-state index contributed by atoms with van der Waals surface area (Å²) in [5.41, 5.74) is 0. The molecule has 0 saturated carbocycles. The van der Waals surface area contributed by atoms with Gasteiger partial charge < -0.3 is 4.74 Å². The molecule has 1 aliphatic rings. The molecule has 4 heteroatoms. The van der Waals surface area contributed by atoms with E-state index in [4.69, 9.17) is 0 Å². The number of rotatable bonds is 1. The number of ketones is 2. The van der Waals surface area contributed by atoms with Crippen LogP contribution in [0.3, 0.4) is 0 Å². The number of cyclic esters (lactones) is 1. The molecule has 1 rings (SSSR count). The molecule has 0 spiro atoms. The van der Waals surface area contributed by atoms with Crippen LogP contribution in [-0.2, 0) is 19.1 Å². The van der Waals surface area contributed by atoms with E-state index >= 15 is 0 Å². The molecule has 0 bridgehead atoms. The molecule has 1 unspecified atom stereocenters. The zero-order chi connectivity index (χ0) is 7.72. The van der Waals surface area contributed by atoms with Crippen molar-refractivity contribution in [3.8, 4) is 0 Å². The molecule has 1 fully saturated rings. The maximum atomic E-state index is 10.7. The van der Waals surface area contributed by atoms with Crippen LogP contribution in [-0.4, -0.2) is 24.1 Å². The predicted octanol–water partition coefficient (Wildman–Crippen LogP) is -0.683. The molecule has 0 aromatic heterocycles. The Morgan fingerprint density at radius 2 is 2.20 bits per heavy atom. The molecule has 54 valence electrons. The van der Waals surface area contributed by atoms with Crippen molar-refractivity contribution in [2.24, 2.45) is 5.92 Å². The Morgan fingerprint density at radius 3 is 2.40 bits per heavy atom. The Bertz CT molecular complexity index is 190. The molecular weight excluding hydrogens is 136 g/mol. The highest BCUT2D eigenvalue weighted by atomic mass is 16.5. The summed E-state index contributed by atoms with van der Waals surface area (Å²) in [4.78, 5) is 31.8. The Morgan fingerprint density at radius 1 is 1.60 bits per heavy atom. The summed E-state index contributed by atoms with van der Waals surface area (Å²) in [5.74, 6) is -2.72. The van der Waals surface area contributed by atoms with Crippen molar-refractivity contribution >= 4 is 17.5 Å². The number of carbonyl (C=O) groups excluding carboxylic acids is 3. The number of ether oxygens (including phenoxy) is 1. The molecule has 0 aromatic carbocycles. The summed E-state index contributed by atoms with van der Waals surface area (Å²) in [6.45, 7) is 0.957. The molecule has 0 N–H and O–H groups in total. The van der Waals surface area contributed by atoms with Crippen molar-refractivity contribution in [3.05, 3.63) is 0 Å². The highest BCUT2D eigenvalue weighted by Gasteiger charge is 2.38. The summed E-state index contributed by atoms with van der Waals surface area (Å²) in [6, 6.07) is 0. The lowest BCUT2D eigenvalue weighted by molar-refractivity contribution is -0.144. The van der Waals surface area contributed by atoms with Gasteiger partial charge >= 0.3 is 5.97 Å². The van der Waals surface area contributed by atoms with Crippen LogP contribution in [0.15, 0.2) is 0 Å². The maximum absolute atomic E-state index is 10.7. The van der Waals surface area contributed by atoms with E-state index in [1.165, 1.54) is 6.92 Å². The van der Waals surface area contributed by atoms with Crippen LogP contribution in [0.1, 0.15) is 6.92 Å². The first-order chi connectivity index (χ1) is 4.63. The van der Waals surface area contributed by atoms with Gasteiger partial charge in [0.1, 0.15) is 0 Å². The van der Waals surface area contributed by atoms with E-state index in [9.17, 15) is 14.4 Å². The lowest BCUT2D eigenvalue weighted by Crippen LogP contribution is -2.22. The van der Waals surface area contributed by atoms with Crippen molar-refractivity contribution in [3.63, 3.8) is 0 Å². The quantitative estimate of drug-likeness (QED) is 0.359. The summed E-state index contributed by atoms with van der Waals surface area (Å²) in [7, 11) is 0. The first-order valence-electron chi connectivity index (χ1n) is 2.82. The number of carbonyl (C=O) groups is 3. The fraction of sp³-hybridized carbons (Fsp3) is 0.500. The van der Waals surface area contributed by atoms with Crippen molar-refractivity contribution in [2.45, 2.75) is 6.92 Å². The smallest absolute Gasteiger partial charge is 0.324 e. The largest absolute Gasteiger partial charge is 0.457 e. The Labute approximate surface area is 57.2 Å². The van der Waals surface area contributed by atoms with E-state index in [1.54, 1.807) is 0 Å². The van der Waals surface area contributed by atoms with Gasteiger partial charge in [-0.15, -0.1) is 0 Å². The average Bonchev–Trinajstić information content (AvgIpc) is 2.11. The van der Waals surface area contributed by atoms with E-state index in [0.29, 0.717) is 0 Å². The molecular formula is C6H6O4. The minimum Gasteiger partial charge on any atom is -0.457 e. The third-order valence-corrected chi connectivity index (χ3v) is 1.32. The zero-order valence-electron chi connectivity index (χ0n) is 5.42. The molecule has 0 amide bonds. The first-order valence-corrected chi connectivity index (χ1v) is 2.82. The summed E-state index contributed by atoms with van der Waals surface area (Å²) in [5, 5.41) is 0. The zero-order valence-corrected chi connectivity index (χ0v) is 5.42. The molecule has 0 aliphatic carbocycles.